The molecule has 0 amide bonds. The fourth-order valence-corrected chi connectivity index (χ4v) is 4.57. The lowest BCUT2D eigenvalue weighted by molar-refractivity contribution is -0.00321. The molecule has 2 heterocycles. The highest BCUT2D eigenvalue weighted by molar-refractivity contribution is 9.10. The summed E-state index contributed by atoms with van der Waals surface area (Å²) in [5.74, 6) is 0.434. The van der Waals surface area contributed by atoms with Crippen LogP contribution in [0.5, 0.6) is 5.75 Å². The smallest absolute Gasteiger partial charge is 0.190 e. The van der Waals surface area contributed by atoms with Gasteiger partial charge in [-0.05, 0) is 55.5 Å². The van der Waals surface area contributed by atoms with Gasteiger partial charge in [-0.25, -0.2) is 4.39 Å². The minimum atomic E-state index is -0.713. The number of nitrogens with one attached hydrogen (secondary N) is 1. The zero-order valence-corrected chi connectivity index (χ0v) is 16.7. The third-order valence-corrected chi connectivity index (χ3v) is 6.14. The predicted octanol–water partition coefficient (Wildman–Crippen LogP) is 5.42. The van der Waals surface area contributed by atoms with Crippen molar-refractivity contribution in [3.05, 3.63) is 57.3 Å². The molecule has 3 atom stereocenters. The van der Waals surface area contributed by atoms with E-state index in [2.05, 4.69) is 34.2 Å². The Bertz CT molecular complexity index is 895. The van der Waals surface area contributed by atoms with Crippen LogP contribution >= 0.6 is 39.7 Å². The topological polar surface area (TPSA) is 24.5 Å². The Morgan fingerprint density at radius 3 is 2.80 bits per heavy atom. The van der Waals surface area contributed by atoms with Crippen LogP contribution in [0.1, 0.15) is 25.5 Å². The Morgan fingerprint density at radius 2 is 2.08 bits per heavy atom. The van der Waals surface area contributed by atoms with Gasteiger partial charge in [0, 0.05) is 21.6 Å². The van der Waals surface area contributed by atoms with Crippen molar-refractivity contribution < 1.29 is 9.13 Å². The van der Waals surface area contributed by atoms with Gasteiger partial charge in [-0.3, -0.25) is 4.90 Å². The Morgan fingerprint density at radius 1 is 1.32 bits per heavy atom. The van der Waals surface area contributed by atoms with E-state index in [1.54, 1.807) is 12.1 Å². The molecule has 0 aliphatic carbocycles. The Kier molecular flexibility index (Phi) is 3.98. The zero-order valence-electron chi connectivity index (χ0n) is 13.5. The summed E-state index contributed by atoms with van der Waals surface area (Å²) in [7, 11) is 0. The van der Waals surface area contributed by atoms with E-state index in [9.17, 15) is 4.39 Å². The first-order valence-electron chi connectivity index (χ1n) is 7.85. The lowest BCUT2D eigenvalue weighted by Gasteiger charge is -2.56. The van der Waals surface area contributed by atoms with Gasteiger partial charge in [0.1, 0.15) is 11.6 Å². The van der Waals surface area contributed by atoms with Crippen molar-refractivity contribution in [1.82, 2.24) is 5.32 Å². The van der Waals surface area contributed by atoms with E-state index in [0.717, 1.165) is 15.8 Å². The maximum absolute atomic E-state index is 13.6. The Balaban J connectivity index is 1.85. The van der Waals surface area contributed by atoms with Crippen LogP contribution in [0.4, 0.5) is 10.1 Å². The van der Waals surface area contributed by atoms with Crippen LogP contribution in [0.25, 0.3) is 0 Å². The summed E-state index contributed by atoms with van der Waals surface area (Å²) < 4.78 is 21.0. The highest BCUT2D eigenvalue weighted by Gasteiger charge is 2.53. The van der Waals surface area contributed by atoms with Crippen LogP contribution < -0.4 is 15.0 Å². The first-order chi connectivity index (χ1) is 11.8. The molecule has 1 fully saturated rings. The molecule has 3 unspecified atom stereocenters. The number of anilines is 1. The van der Waals surface area contributed by atoms with E-state index in [1.807, 2.05) is 24.0 Å². The second kappa shape index (κ2) is 5.83. The molecule has 25 heavy (non-hydrogen) atoms. The van der Waals surface area contributed by atoms with Crippen LogP contribution in [-0.2, 0) is 0 Å². The molecule has 2 aliphatic heterocycles. The molecule has 2 aromatic rings. The van der Waals surface area contributed by atoms with E-state index >= 15 is 0 Å². The van der Waals surface area contributed by atoms with Gasteiger partial charge in [-0.2, -0.15) is 0 Å². The van der Waals surface area contributed by atoms with Crippen LogP contribution in [0.3, 0.4) is 0 Å². The van der Waals surface area contributed by atoms with Gasteiger partial charge in [0.2, 0.25) is 0 Å². The molecule has 0 saturated carbocycles. The van der Waals surface area contributed by atoms with Crippen LogP contribution in [0.2, 0.25) is 5.02 Å². The average Bonchev–Trinajstić information content (AvgIpc) is 2.55. The normalized spacial score (nSPS) is 27.4. The van der Waals surface area contributed by atoms with Crippen molar-refractivity contribution in [3.8, 4) is 5.75 Å². The van der Waals surface area contributed by atoms with E-state index in [4.69, 9.17) is 28.6 Å². The average molecular weight is 442 g/mol. The molecule has 1 saturated heterocycles. The maximum Gasteiger partial charge on any atom is 0.190 e. The third-order valence-electron chi connectivity index (χ3n) is 5.06. The molecule has 2 aliphatic rings. The molecule has 3 nitrogen and oxygen atoms in total. The number of thiocarbonyl (C=S) groups is 1. The minimum Gasteiger partial charge on any atom is -0.467 e. The van der Waals surface area contributed by atoms with Gasteiger partial charge in [0.15, 0.2) is 10.8 Å². The fourth-order valence-electron chi connectivity index (χ4n) is 3.60. The van der Waals surface area contributed by atoms with Gasteiger partial charge in [0.25, 0.3) is 0 Å². The zero-order chi connectivity index (χ0) is 17.9. The second-order valence-corrected chi connectivity index (χ2v) is 8.20. The largest absolute Gasteiger partial charge is 0.467 e. The minimum absolute atomic E-state index is 0.0333. The van der Waals surface area contributed by atoms with E-state index < -0.39 is 11.5 Å². The number of fused-ring (bicyclic) bond motifs is 4. The van der Waals surface area contributed by atoms with Crippen molar-refractivity contribution in [3.63, 3.8) is 0 Å². The number of nitrogens with zero attached hydrogens (tertiary/aromatic N) is 1. The lowest BCUT2D eigenvalue weighted by atomic mass is 9.80. The molecular weight excluding hydrogens is 427 g/mol. The summed E-state index contributed by atoms with van der Waals surface area (Å²) in [4.78, 5) is 1.87. The molecule has 2 aromatic carbocycles. The maximum atomic E-state index is 13.6. The molecule has 130 valence electrons. The summed E-state index contributed by atoms with van der Waals surface area (Å²) >= 11 is 15.1. The van der Waals surface area contributed by atoms with Gasteiger partial charge in [-0.15, -0.1) is 0 Å². The summed E-state index contributed by atoms with van der Waals surface area (Å²) in [5, 5.41) is 3.99. The number of hydrogen-bond acceptors (Lipinski definition) is 2. The molecule has 4 rings (SSSR count). The third kappa shape index (κ3) is 2.54. The first-order valence-corrected chi connectivity index (χ1v) is 9.43. The molecule has 1 N–H and O–H groups in total. The lowest BCUT2D eigenvalue weighted by Crippen LogP contribution is -2.69. The highest BCUT2D eigenvalue weighted by Crippen LogP contribution is 2.49. The highest BCUT2D eigenvalue weighted by atomic mass is 79.9. The number of rotatable bonds is 1. The standard InChI is InChI=1S/C18H15BrClFN2OS/c1-9-16-12-7-10(19)3-6-15(12)24-18(9,2)23(17(25)22-16)11-4-5-14(21)13(20)8-11/h3-9,16H,1-2H3,(H,22,25). The van der Waals surface area contributed by atoms with Crippen molar-refractivity contribution in [2.24, 2.45) is 5.92 Å². The molecule has 0 spiro atoms. The van der Waals surface area contributed by atoms with E-state index in [-0.39, 0.29) is 17.0 Å². The van der Waals surface area contributed by atoms with Gasteiger partial charge >= 0.3 is 0 Å². The van der Waals surface area contributed by atoms with Crippen LogP contribution in [0, 0.1) is 11.7 Å². The van der Waals surface area contributed by atoms with Crippen LogP contribution in [0.15, 0.2) is 40.9 Å². The van der Waals surface area contributed by atoms with E-state index in [1.165, 1.54) is 6.07 Å². The van der Waals surface area contributed by atoms with Crippen molar-refractivity contribution in [2.45, 2.75) is 25.6 Å². The van der Waals surface area contributed by atoms with Crippen molar-refractivity contribution >= 4 is 50.5 Å². The Hall–Kier alpha value is -1.37. The van der Waals surface area contributed by atoms with Crippen molar-refractivity contribution in [2.75, 3.05) is 4.90 Å². The second-order valence-electron chi connectivity index (χ2n) is 6.49. The van der Waals surface area contributed by atoms with Crippen LogP contribution in [-0.4, -0.2) is 10.8 Å². The number of ether oxygens (including phenoxy) is 1. The summed E-state index contributed by atoms with van der Waals surface area (Å²) in [6.45, 7) is 4.11. The quantitative estimate of drug-likeness (QED) is 0.597. The van der Waals surface area contributed by atoms with Gasteiger partial charge < -0.3 is 10.1 Å². The summed E-state index contributed by atoms with van der Waals surface area (Å²) in [6, 6.07) is 10.6. The van der Waals surface area contributed by atoms with Gasteiger partial charge in [0.05, 0.1) is 11.1 Å². The molecular formula is C18H15BrClFN2OS. The molecule has 7 heteroatoms. The molecule has 2 bridgehead atoms. The van der Waals surface area contributed by atoms with E-state index in [0.29, 0.717) is 10.8 Å². The predicted molar refractivity (Wildman–Crippen MR) is 105 cm³/mol. The molecule has 0 aromatic heterocycles. The first kappa shape index (κ1) is 17.1. The monoisotopic (exact) mass is 440 g/mol. The number of halogens is 3. The fraction of sp³-hybridized carbons (Fsp3) is 0.278. The summed E-state index contributed by atoms with van der Waals surface area (Å²) in [5.41, 5.74) is 1.05. The SMILES string of the molecule is CC1C2NC(=S)N(c3ccc(F)c(Cl)c3)C1(C)Oc1ccc(Br)cc12. The number of benzene rings is 2. The summed E-state index contributed by atoms with van der Waals surface area (Å²) in [6.07, 6.45) is 0. The molecule has 0 radical (unpaired) electrons. The van der Waals surface area contributed by atoms with Crippen molar-refractivity contribution in [1.29, 1.82) is 0 Å². The van der Waals surface area contributed by atoms with Gasteiger partial charge in [-0.1, -0.05) is 34.5 Å². The Labute approximate surface area is 164 Å². The number of hydrogen-bond donors (Lipinski definition) is 1.